The van der Waals surface area contributed by atoms with Crippen LogP contribution in [0.1, 0.15) is 42.0 Å². The van der Waals surface area contributed by atoms with Crippen molar-refractivity contribution in [2.45, 2.75) is 43.4 Å². The van der Waals surface area contributed by atoms with Gasteiger partial charge in [-0.25, -0.2) is 4.40 Å². The molecule has 0 bridgehead atoms. The van der Waals surface area contributed by atoms with Gasteiger partial charge in [0, 0.05) is 29.4 Å². The molecular weight excluding hydrogens is 570 g/mol. The van der Waals surface area contributed by atoms with Crippen LogP contribution < -0.4 is 5.32 Å². The number of nitrogens with one attached hydrogen (secondary N) is 1. The molecule has 190 valence electrons. The molecule has 0 fully saturated rings. The number of hydrogen-bond acceptors (Lipinski definition) is 3. The number of nitrogens with zero attached hydrogens (tertiary/aromatic N) is 1. The minimum absolute atomic E-state index is 0.133. The van der Waals surface area contributed by atoms with E-state index in [1.165, 1.54) is 0 Å². The van der Waals surface area contributed by atoms with Gasteiger partial charge < -0.3 is 5.32 Å². The van der Waals surface area contributed by atoms with Crippen molar-refractivity contribution in [3.8, 4) is 0 Å². The summed E-state index contributed by atoms with van der Waals surface area (Å²) in [6.07, 6.45) is -10.0. The van der Waals surface area contributed by atoms with Gasteiger partial charge in [0.25, 0.3) is 0 Å². The van der Waals surface area contributed by atoms with Crippen LogP contribution in [-0.4, -0.2) is 17.8 Å². The van der Waals surface area contributed by atoms with Crippen LogP contribution in [0, 0.1) is 0 Å². The van der Waals surface area contributed by atoms with Gasteiger partial charge >= 0.3 is 12.4 Å². The van der Waals surface area contributed by atoms with E-state index < -0.39 is 34.6 Å². The second kappa shape index (κ2) is 9.74. The van der Waals surface area contributed by atoms with E-state index in [0.717, 1.165) is 23.1 Å². The highest BCUT2D eigenvalue weighted by molar-refractivity contribution is 9.10. The predicted molar refractivity (Wildman–Crippen MR) is 132 cm³/mol. The lowest BCUT2D eigenvalue weighted by Crippen LogP contribution is -2.39. The Hall–Kier alpha value is -2.53. The molecule has 0 saturated carbocycles. The van der Waals surface area contributed by atoms with Crippen LogP contribution >= 0.6 is 27.9 Å². The number of carbonyl (C=O) groups excluding carboxylic acids is 1. The molecule has 1 atom stereocenters. The summed E-state index contributed by atoms with van der Waals surface area (Å²) in [5, 5.41) is 4.17. The van der Waals surface area contributed by atoms with E-state index >= 15 is 0 Å². The molecule has 0 saturated heterocycles. The van der Waals surface area contributed by atoms with Gasteiger partial charge in [-0.05, 0) is 46.0 Å². The largest absolute Gasteiger partial charge is 0.417 e. The summed E-state index contributed by atoms with van der Waals surface area (Å²) in [6.45, 7) is 1.97. The maximum absolute atomic E-state index is 14.5. The molecule has 1 heterocycles. The minimum Gasteiger partial charge on any atom is -0.352 e. The Labute approximate surface area is 215 Å². The van der Waals surface area contributed by atoms with Crippen LogP contribution in [0.4, 0.5) is 26.3 Å². The molecule has 1 unspecified atom stereocenters. The van der Waals surface area contributed by atoms with Crippen LogP contribution in [-0.2, 0) is 22.3 Å². The standard InChI is InChI=1S/C25H19BrF6N2OS/c1-2-22(35)33-13-14-7-9-18(17-6-4-3-5-16(14)17)21-12-23(36-34-21,25(30,31)32)15-8-10-20(26)19(11-15)24(27,28)29/h3-11H,2,12-13H2,1H3,(H,33,35). The molecule has 3 aromatic carbocycles. The van der Waals surface area contributed by atoms with Gasteiger partial charge in [-0.15, -0.1) is 0 Å². The first-order valence-corrected chi connectivity index (χ1v) is 12.4. The zero-order chi connectivity index (χ0) is 26.3. The van der Waals surface area contributed by atoms with E-state index in [4.69, 9.17) is 0 Å². The molecule has 0 radical (unpaired) electrons. The normalized spacial score (nSPS) is 18.4. The van der Waals surface area contributed by atoms with Gasteiger partial charge in [-0.3, -0.25) is 4.79 Å². The fraction of sp³-hybridized carbons (Fsp3) is 0.280. The van der Waals surface area contributed by atoms with Crippen molar-refractivity contribution in [2.24, 2.45) is 4.40 Å². The van der Waals surface area contributed by atoms with E-state index in [9.17, 15) is 31.1 Å². The van der Waals surface area contributed by atoms with Crippen molar-refractivity contribution in [3.63, 3.8) is 0 Å². The van der Waals surface area contributed by atoms with E-state index in [0.29, 0.717) is 23.4 Å². The van der Waals surface area contributed by atoms with Crippen molar-refractivity contribution in [2.75, 3.05) is 0 Å². The molecule has 1 aliphatic heterocycles. The molecule has 0 aromatic heterocycles. The van der Waals surface area contributed by atoms with Crippen LogP contribution in [0.15, 0.2) is 63.5 Å². The molecule has 1 amide bonds. The third kappa shape index (κ3) is 4.87. The topological polar surface area (TPSA) is 41.5 Å². The predicted octanol–water partition coefficient (Wildman–Crippen LogP) is 7.95. The number of benzene rings is 3. The van der Waals surface area contributed by atoms with E-state index in [-0.39, 0.29) is 34.6 Å². The number of alkyl halides is 6. The van der Waals surface area contributed by atoms with Crippen LogP contribution in [0.3, 0.4) is 0 Å². The smallest absolute Gasteiger partial charge is 0.352 e. The lowest BCUT2D eigenvalue weighted by Gasteiger charge is -2.31. The highest BCUT2D eigenvalue weighted by Gasteiger charge is 2.60. The number of fused-ring (bicyclic) bond motifs is 1. The Bertz CT molecular complexity index is 1350. The molecule has 1 N–H and O–H groups in total. The van der Waals surface area contributed by atoms with Gasteiger partial charge in [0.15, 0.2) is 4.75 Å². The van der Waals surface area contributed by atoms with Gasteiger partial charge in [0.05, 0.1) is 11.3 Å². The molecule has 3 nitrogen and oxygen atoms in total. The maximum atomic E-state index is 14.5. The summed E-state index contributed by atoms with van der Waals surface area (Å²) in [4.78, 5) is 11.7. The fourth-order valence-corrected chi connectivity index (χ4v) is 5.57. The zero-order valence-electron chi connectivity index (χ0n) is 18.7. The third-order valence-electron chi connectivity index (χ3n) is 6.05. The number of halogens is 7. The lowest BCUT2D eigenvalue weighted by atomic mass is 9.87. The Morgan fingerprint density at radius 2 is 1.75 bits per heavy atom. The number of amides is 1. The third-order valence-corrected chi connectivity index (χ3v) is 7.97. The highest BCUT2D eigenvalue weighted by Crippen LogP contribution is 2.57. The van der Waals surface area contributed by atoms with Crippen LogP contribution in [0.2, 0.25) is 0 Å². The van der Waals surface area contributed by atoms with Crippen molar-refractivity contribution >= 4 is 50.3 Å². The first-order chi connectivity index (χ1) is 16.9. The second-order valence-electron chi connectivity index (χ2n) is 8.27. The van der Waals surface area contributed by atoms with E-state index in [1.54, 1.807) is 43.3 Å². The Kier molecular flexibility index (Phi) is 7.18. The fourth-order valence-electron chi connectivity index (χ4n) is 4.13. The summed E-state index contributed by atoms with van der Waals surface area (Å²) in [5.41, 5.74) is -0.316. The van der Waals surface area contributed by atoms with Crippen molar-refractivity contribution in [1.82, 2.24) is 5.32 Å². The average Bonchev–Trinajstić information content (AvgIpc) is 3.28. The summed E-state index contributed by atoms with van der Waals surface area (Å²) in [6, 6.07) is 13.0. The molecule has 36 heavy (non-hydrogen) atoms. The molecule has 0 spiro atoms. The van der Waals surface area contributed by atoms with Crippen LogP contribution in [0.25, 0.3) is 10.8 Å². The lowest BCUT2D eigenvalue weighted by molar-refractivity contribution is -0.160. The molecule has 4 rings (SSSR count). The SMILES string of the molecule is CCC(=O)NCc1ccc(C2=NSC(c3ccc(Br)c(C(F)(F)F)c3)(C(F)(F)F)C2)c2ccccc12. The summed E-state index contributed by atoms with van der Waals surface area (Å²) < 4.78 is 84.9. The van der Waals surface area contributed by atoms with E-state index in [1.807, 2.05) is 0 Å². The van der Waals surface area contributed by atoms with Crippen molar-refractivity contribution < 1.29 is 31.1 Å². The molecule has 3 aromatic rings. The van der Waals surface area contributed by atoms with Crippen molar-refractivity contribution in [1.29, 1.82) is 0 Å². The molecule has 0 aliphatic carbocycles. The Morgan fingerprint density at radius 3 is 2.39 bits per heavy atom. The highest BCUT2D eigenvalue weighted by atomic mass is 79.9. The minimum atomic E-state index is -4.88. The Balaban J connectivity index is 1.76. The van der Waals surface area contributed by atoms with Gasteiger partial charge in [0.2, 0.25) is 5.91 Å². The van der Waals surface area contributed by atoms with Gasteiger partial charge in [-0.2, -0.15) is 26.3 Å². The zero-order valence-corrected chi connectivity index (χ0v) is 21.1. The van der Waals surface area contributed by atoms with Gasteiger partial charge in [-0.1, -0.05) is 65.3 Å². The van der Waals surface area contributed by atoms with E-state index in [2.05, 4.69) is 25.6 Å². The first kappa shape index (κ1) is 26.5. The summed E-state index contributed by atoms with van der Waals surface area (Å²) >= 11 is 3.02. The number of hydrogen-bond donors (Lipinski definition) is 1. The molecular formula is C25H19BrF6N2OS. The maximum Gasteiger partial charge on any atom is 0.417 e. The number of carbonyl (C=O) groups is 1. The second-order valence-corrected chi connectivity index (χ2v) is 10.2. The van der Waals surface area contributed by atoms with Crippen molar-refractivity contribution in [3.05, 3.63) is 81.3 Å². The van der Waals surface area contributed by atoms with Gasteiger partial charge in [0.1, 0.15) is 0 Å². The Morgan fingerprint density at radius 1 is 1.06 bits per heavy atom. The summed E-state index contributed by atoms with van der Waals surface area (Å²) in [5.74, 6) is -0.137. The monoisotopic (exact) mass is 588 g/mol. The van der Waals surface area contributed by atoms with Crippen LogP contribution in [0.5, 0.6) is 0 Å². The average molecular weight is 589 g/mol. The first-order valence-electron chi connectivity index (χ1n) is 10.8. The molecule has 1 aliphatic rings. The molecule has 11 heteroatoms. The number of rotatable bonds is 5. The summed E-state index contributed by atoms with van der Waals surface area (Å²) in [7, 11) is 0. The quantitative estimate of drug-likeness (QED) is 0.243.